The lowest BCUT2D eigenvalue weighted by Gasteiger charge is -2.34. The molecule has 2 heterocycles. The van der Waals surface area contributed by atoms with Gasteiger partial charge in [-0.15, -0.1) is 24.0 Å². The highest BCUT2D eigenvalue weighted by Crippen LogP contribution is 2.19. The zero-order valence-electron chi connectivity index (χ0n) is 17.8. The summed E-state index contributed by atoms with van der Waals surface area (Å²) in [7, 11) is 3.76. The molecule has 1 aromatic carbocycles. The van der Waals surface area contributed by atoms with Gasteiger partial charge in [0.15, 0.2) is 5.96 Å². The predicted molar refractivity (Wildman–Crippen MR) is 130 cm³/mol. The average molecular weight is 512 g/mol. The Labute approximate surface area is 190 Å². The van der Waals surface area contributed by atoms with Crippen LogP contribution in [0.15, 0.2) is 41.7 Å². The van der Waals surface area contributed by atoms with E-state index >= 15 is 0 Å². The van der Waals surface area contributed by atoms with Crippen molar-refractivity contribution in [2.45, 2.75) is 38.8 Å². The minimum absolute atomic E-state index is 0. The number of nitrogens with zero attached hydrogens (tertiary/aromatic N) is 4. The van der Waals surface area contributed by atoms with Crippen molar-refractivity contribution >= 4 is 35.6 Å². The highest BCUT2D eigenvalue weighted by molar-refractivity contribution is 14.0. The van der Waals surface area contributed by atoms with Crippen LogP contribution in [0.3, 0.4) is 0 Å². The first-order valence-corrected chi connectivity index (χ1v) is 9.98. The van der Waals surface area contributed by atoms with Crippen LogP contribution in [-0.2, 0) is 7.05 Å². The number of aliphatic imine (C=N–C) groups is 1. The first-order chi connectivity index (χ1) is 13.5. The summed E-state index contributed by atoms with van der Waals surface area (Å²) in [4.78, 5) is 6.76. The molecule has 1 aliphatic heterocycles. The molecule has 3 rings (SSSR count). The van der Waals surface area contributed by atoms with Gasteiger partial charge in [-0.1, -0.05) is 18.2 Å². The number of nitrogens with one attached hydrogen (secondary N) is 2. The average Bonchev–Trinajstić information content (AvgIpc) is 3.13. The molecule has 0 amide bonds. The van der Waals surface area contributed by atoms with Crippen molar-refractivity contribution in [3.05, 3.63) is 42.2 Å². The summed E-state index contributed by atoms with van der Waals surface area (Å²) in [6, 6.07) is 8.45. The molecule has 1 fully saturated rings. The number of hydrogen-bond acceptors (Lipinski definition) is 4. The second kappa shape index (κ2) is 11.3. The van der Waals surface area contributed by atoms with Crippen LogP contribution in [0.2, 0.25) is 0 Å². The molecule has 8 heteroatoms. The lowest BCUT2D eigenvalue weighted by Crippen LogP contribution is -2.52. The number of aromatic nitrogens is 2. The van der Waals surface area contributed by atoms with Crippen LogP contribution < -0.4 is 20.3 Å². The van der Waals surface area contributed by atoms with Crippen LogP contribution in [0, 0.1) is 6.92 Å². The van der Waals surface area contributed by atoms with E-state index in [2.05, 4.69) is 51.7 Å². The summed E-state index contributed by atoms with van der Waals surface area (Å²) in [5.41, 5.74) is 2.33. The van der Waals surface area contributed by atoms with Gasteiger partial charge in [0, 0.05) is 39.4 Å². The molecule has 29 heavy (non-hydrogen) atoms. The Bertz CT molecular complexity index is 793. The maximum atomic E-state index is 6.04. The molecule has 2 N–H and O–H groups in total. The van der Waals surface area contributed by atoms with Crippen LogP contribution in [0.25, 0.3) is 0 Å². The van der Waals surface area contributed by atoms with Gasteiger partial charge in [-0.3, -0.25) is 9.67 Å². The Kier molecular flexibility index (Phi) is 9.06. The topological polar surface area (TPSA) is 66.7 Å². The molecule has 7 nitrogen and oxygen atoms in total. The van der Waals surface area contributed by atoms with Crippen molar-refractivity contribution < 1.29 is 4.74 Å². The molecule has 0 aliphatic carbocycles. The molecule has 0 bridgehead atoms. The monoisotopic (exact) mass is 512 g/mol. The number of para-hydroxylation sites is 1. The van der Waals surface area contributed by atoms with E-state index < -0.39 is 0 Å². The van der Waals surface area contributed by atoms with Crippen molar-refractivity contribution in [2.75, 3.05) is 31.6 Å². The van der Waals surface area contributed by atoms with Gasteiger partial charge in [-0.2, -0.15) is 5.10 Å². The Morgan fingerprint density at radius 2 is 2.17 bits per heavy atom. The van der Waals surface area contributed by atoms with Crippen LogP contribution >= 0.6 is 24.0 Å². The van der Waals surface area contributed by atoms with Crippen LogP contribution in [0.5, 0.6) is 5.75 Å². The van der Waals surface area contributed by atoms with Crippen LogP contribution in [0.4, 0.5) is 5.69 Å². The first kappa shape index (κ1) is 23.3. The normalized spacial score (nSPS) is 18.0. The second-order valence-electron chi connectivity index (χ2n) is 7.45. The lowest BCUT2D eigenvalue weighted by atomic mass is 10.1. The van der Waals surface area contributed by atoms with Gasteiger partial charge < -0.3 is 20.3 Å². The molecule has 2 aromatic rings. The minimum Gasteiger partial charge on any atom is -0.489 e. The maximum absolute atomic E-state index is 6.04. The fraction of sp³-hybridized carbons (Fsp3) is 0.524. The fourth-order valence-corrected chi connectivity index (χ4v) is 3.48. The van der Waals surface area contributed by atoms with E-state index in [4.69, 9.17) is 4.74 Å². The van der Waals surface area contributed by atoms with E-state index in [9.17, 15) is 0 Å². The summed E-state index contributed by atoms with van der Waals surface area (Å²) in [5.74, 6) is 1.75. The molecule has 2 unspecified atom stereocenters. The highest BCUT2D eigenvalue weighted by atomic mass is 127. The van der Waals surface area contributed by atoms with Crippen molar-refractivity contribution in [2.24, 2.45) is 12.0 Å². The fourth-order valence-electron chi connectivity index (χ4n) is 3.48. The lowest BCUT2D eigenvalue weighted by molar-refractivity contribution is 0.222. The highest BCUT2D eigenvalue weighted by Gasteiger charge is 2.22. The molecule has 1 aromatic heterocycles. The molecule has 0 radical (unpaired) electrons. The van der Waals surface area contributed by atoms with Crippen LogP contribution in [0.1, 0.15) is 25.3 Å². The minimum atomic E-state index is 0. The summed E-state index contributed by atoms with van der Waals surface area (Å²) >= 11 is 0. The molecule has 1 aliphatic rings. The number of hydrogen-bond donors (Lipinski definition) is 2. The second-order valence-corrected chi connectivity index (χ2v) is 7.45. The van der Waals surface area contributed by atoms with E-state index in [1.54, 1.807) is 0 Å². The Hall–Kier alpha value is -1.97. The summed E-state index contributed by atoms with van der Waals surface area (Å²) in [6.07, 6.45) is 6.32. The van der Waals surface area contributed by atoms with E-state index in [1.165, 1.54) is 5.69 Å². The quantitative estimate of drug-likeness (QED) is 0.354. The van der Waals surface area contributed by atoms with Gasteiger partial charge in [0.2, 0.25) is 0 Å². The van der Waals surface area contributed by atoms with Crippen molar-refractivity contribution in [3.63, 3.8) is 0 Å². The molecular weight excluding hydrogens is 479 g/mol. The Morgan fingerprint density at radius 3 is 2.86 bits per heavy atom. The van der Waals surface area contributed by atoms with E-state index in [0.29, 0.717) is 12.6 Å². The largest absolute Gasteiger partial charge is 0.489 e. The summed E-state index contributed by atoms with van der Waals surface area (Å²) in [6.45, 7) is 6.83. The van der Waals surface area contributed by atoms with Gasteiger partial charge in [0.1, 0.15) is 11.9 Å². The molecule has 1 saturated heterocycles. The van der Waals surface area contributed by atoms with Gasteiger partial charge in [0.05, 0.1) is 18.4 Å². The smallest absolute Gasteiger partial charge is 0.191 e. The van der Waals surface area contributed by atoms with Gasteiger partial charge in [-0.25, -0.2) is 0 Å². The van der Waals surface area contributed by atoms with E-state index in [-0.39, 0.29) is 30.1 Å². The molecule has 160 valence electrons. The third-order valence-corrected chi connectivity index (χ3v) is 5.02. The summed E-state index contributed by atoms with van der Waals surface area (Å²) < 4.78 is 7.89. The van der Waals surface area contributed by atoms with Crippen molar-refractivity contribution in [1.29, 1.82) is 0 Å². The van der Waals surface area contributed by atoms with Gasteiger partial charge in [0.25, 0.3) is 0 Å². The molecule has 0 spiro atoms. The van der Waals surface area contributed by atoms with E-state index in [1.807, 2.05) is 43.2 Å². The Balaban J connectivity index is 0.00000300. The number of guanidine groups is 1. The van der Waals surface area contributed by atoms with Crippen molar-refractivity contribution in [1.82, 2.24) is 20.4 Å². The number of rotatable bonds is 6. The standard InChI is InChI=1S/C21H32N6O.HI/c1-16-8-5-6-10-20(16)28-17(2)12-23-21(22-3)25-18-9-7-11-27(14-18)19-13-24-26(4)15-19;/h5-6,8,10,13,15,17-18H,7,9,11-12,14H2,1-4H3,(H2,22,23,25);1H. The third-order valence-electron chi connectivity index (χ3n) is 5.02. The zero-order chi connectivity index (χ0) is 19.9. The predicted octanol–water partition coefficient (Wildman–Crippen LogP) is 2.95. The SMILES string of the molecule is CN=C(NCC(C)Oc1ccccc1C)NC1CCCN(c2cnn(C)c2)C1.I. The van der Waals surface area contributed by atoms with Gasteiger partial charge >= 0.3 is 0 Å². The third kappa shape index (κ3) is 6.80. The van der Waals surface area contributed by atoms with E-state index in [0.717, 1.165) is 43.2 Å². The van der Waals surface area contributed by atoms with Crippen LogP contribution in [-0.4, -0.2) is 54.6 Å². The maximum Gasteiger partial charge on any atom is 0.191 e. The van der Waals surface area contributed by atoms with Crippen molar-refractivity contribution in [3.8, 4) is 5.75 Å². The van der Waals surface area contributed by atoms with Gasteiger partial charge in [-0.05, 0) is 38.3 Å². The molecule has 2 atom stereocenters. The number of ether oxygens (including phenoxy) is 1. The first-order valence-electron chi connectivity index (χ1n) is 9.98. The Morgan fingerprint density at radius 1 is 1.38 bits per heavy atom. The number of anilines is 1. The summed E-state index contributed by atoms with van der Waals surface area (Å²) in [5, 5.41) is 11.2. The molecular formula is C21H33IN6O. The number of halogens is 1. The number of piperidine rings is 1. The zero-order valence-corrected chi connectivity index (χ0v) is 20.1. The number of aryl methyl sites for hydroxylation is 2. The molecule has 0 saturated carbocycles. The number of benzene rings is 1.